The summed E-state index contributed by atoms with van der Waals surface area (Å²) >= 11 is 0. The standard InChI is InChI=1S/C39H28N2O21S6/c42-27(19-6-3-8-21(14-19)64(48,49)50)12-5-13-63(46,47)29-16-25(28(66(54,55)56)18-30(29)67(57,58)59)40-26-17-31(68(60,61)62)36-34-32(23-10-1-2-11-24(23)38(44)33(26)34)35(39(45)41-36)37(43)20-7-4-9-22(15-20)65(51,52)53/h1-4,6-11,14-18,40,43H,5,12-13H2,(H,48,49,50)(H,51,52,53)(H,54,55,56)(H,57,58,59)(H,60,61,62). The Kier molecular flexibility index (Phi) is 12.4. The molecule has 0 fully saturated rings. The molecule has 1 aliphatic heterocycles. The molecule has 0 atom stereocenters. The van der Waals surface area contributed by atoms with E-state index >= 15 is 0 Å². The van der Waals surface area contributed by atoms with Crippen LogP contribution in [0.3, 0.4) is 0 Å². The van der Waals surface area contributed by atoms with E-state index in [1.807, 2.05) is 0 Å². The highest BCUT2D eigenvalue weighted by Gasteiger charge is 2.32. The summed E-state index contributed by atoms with van der Waals surface area (Å²) in [5.41, 5.74) is -6.21. The zero-order valence-corrected chi connectivity index (χ0v) is 38.4. The molecule has 0 saturated carbocycles. The summed E-state index contributed by atoms with van der Waals surface area (Å²) in [5.74, 6) is -3.07. The van der Waals surface area contributed by atoms with Gasteiger partial charge in [-0.25, -0.2) is 13.4 Å². The molecule has 0 aromatic heterocycles. The van der Waals surface area contributed by atoms with Crippen LogP contribution in [0.25, 0.3) is 27.4 Å². The number of carbonyl (C=O) groups is 1. The van der Waals surface area contributed by atoms with Crippen LogP contribution in [0.15, 0.2) is 130 Å². The van der Waals surface area contributed by atoms with Gasteiger partial charge in [0.25, 0.3) is 56.1 Å². The summed E-state index contributed by atoms with van der Waals surface area (Å²) in [6, 6.07) is 13.5. The van der Waals surface area contributed by atoms with E-state index in [4.69, 9.17) is 0 Å². The van der Waals surface area contributed by atoms with Gasteiger partial charge < -0.3 is 10.4 Å². The number of hydrogen-bond donors (Lipinski definition) is 7. The Bertz CT molecular complexity index is 4320. The van der Waals surface area contributed by atoms with Crippen molar-refractivity contribution < 1.29 is 83.2 Å². The van der Waals surface area contributed by atoms with Gasteiger partial charge in [-0.3, -0.25) is 37.1 Å². The Labute approximate surface area is 382 Å². The Morgan fingerprint density at radius 1 is 0.544 bits per heavy atom. The maximum absolute atomic E-state index is 14.5. The third-order valence-electron chi connectivity index (χ3n) is 10.3. The minimum Gasteiger partial charge on any atom is -0.506 e. The van der Waals surface area contributed by atoms with Gasteiger partial charge in [0.15, 0.2) is 21.0 Å². The summed E-state index contributed by atoms with van der Waals surface area (Å²) in [5, 5.41) is 10.7. The van der Waals surface area contributed by atoms with E-state index in [1.165, 1.54) is 24.3 Å². The second-order valence-electron chi connectivity index (χ2n) is 14.6. The molecule has 1 heterocycles. The van der Waals surface area contributed by atoms with E-state index in [0.29, 0.717) is 6.07 Å². The quantitative estimate of drug-likeness (QED) is 0.0606. The SMILES string of the molecule is O=C(CCCS(=O)(=O)c1cc(Nc2cc(S(=O)(=O)O)c3nc(=O)c(=C(O)c4cccc(S(=O)(=O)O)c4)c4c5ccccc5c(=O)c2c3=4)c(S(=O)(=O)O)cc1S(=O)(=O)O)c1cccc(S(=O)(=O)O)c1. The number of nitrogens with one attached hydrogen (secondary N) is 1. The van der Waals surface area contributed by atoms with Crippen molar-refractivity contribution in [2.75, 3.05) is 11.1 Å². The highest BCUT2D eigenvalue weighted by Crippen LogP contribution is 2.37. The number of Topliss-reactive ketones (excluding diaryl/α,β-unsaturated/α-hetero) is 1. The van der Waals surface area contributed by atoms with Gasteiger partial charge in [-0.15, -0.1) is 0 Å². The smallest absolute Gasteiger partial charge is 0.296 e. The van der Waals surface area contributed by atoms with Crippen LogP contribution in [0.1, 0.15) is 28.8 Å². The number of rotatable bonds is 14. The van der Waals surface area contributed by atoms with Crippen LogP contribution in [0, 0.1) is 10.4 Å². The molecule has 2 aliphatic rings. The largest absolute Gasteiger partial charge is 0.506 e. The maximum atomic E-state index is 14.5. The van der Waals surface area contributed by atoms with Crippen molar-refractivity contribution in [2.24, 2.45) is 0 Å². The van der Waals surface area contributed by atoms with Crippen LogP contribution in [0.2, 0.25) is 0 Å². The van der Waals surface area contributed by atoms with Crippen LogP contribution < -0.4 is 21.5 Å². The summed E-state index contributed by atoms with van der Waals surface area (Å²) in [4.78, 5) is 37.8. The Balaban J connectivity index is 1.52. The van der Waals surface area contributed by atoms with E-state index in [2.05, 4.69) is 10.3 Å². The van der Waals surface area contributed by atoms with Gasteiger partial charge in [-0.2, -0.15) is 42.1 Å². The van der Waals surface area contributed by atoms with Crippen molar-refractivity contribution in [3.05, 3.63) is 138 Å². The van der Waals surface area contributed by atoms with E-state index in [9.17, 15) is 92.8 Å². The average molecular weight is 1050 g/mol. The first-order chi connectivity index (χ1) is 31.3. The molecule has 1 aliphatic carbocycles. The second kappa shape index (κ2) is 17.0. The molecule has 0 spiro atoms. The molecule has 0 unspecified atom stereocenters. The van der Waals surface area contributed by atoms with Crippen molar-refractivity contribution >= 4 is 105 Å². The number of aliphatic hydroxyl groups excluding tert-OH is 1. The summed E-state index contributed by atoms with van der Waals surface area (Å²) in [7, 11) is -31.9. The Morgan fingerprint density at radius 3 is 1.63 bits per heavy atom. The van der Waals surface area contributed by atoms with E-state index in [1.54, 1.807) is 0 Å². The second-order valence-corrected chi connectivity index (χ2v) is 23.7. The molecule has 0 saturated heterocycles. The van der Waals surface area contributed by atoms with Crippen molar-refractivity contribution in [2.45, 2.75) is 42.2 Å². The van der Waals surface area contributed by atoms with Crippen LogP contribution in [-0.2, 0) is 60.4 Å². The molecular weight excluding hydrogens is 1020 g/mol. The fraction of sp³-hybridized carbons (Fsp3) is 0.0769. The first kappa shape index (κ1) is 49.5. The molecule has 7 N–H and O–H groups in total. The summed E-state index contributed by atoms with van der Waals surface area (Å²) in [6.07, 6.45) is -1.33. The topological polar surface area (TPSA) is 402 Å². The molecule has 356 valence electrons. The number of anilines is 2. The van der Waals surface area contributed by atoms with Gasteiger partial charge in [-0.1, -0.05) is 48.5 Å². The number of ketones is 1. The average Bonchev–Trinajstić information content (AvgIpc) is 3.23. The predicted octanol–water partition coefficient (Wildman–Crippen LogP) is 2.12. The fourth-order valence-electron chi connectivity index (χ4n) is 7.34. The lowest BCUT2D eigenvalue weighted by atomic mass is 9.96. The van der Waals surface area contributed by atoms with Gasteiger partial charge in [0, 0.05) is 33.4 Å². The van der Waals surface area contributed by atoms with Gasteiger partial charge in [0.1, 0.15) is 20.4 Å². The highest BCUT2D eigenvalue weighted by atomic mass is 32.2. The van der Waals surface area contributed by atoms with Crippen molar-refractivity contribution in [3.63, 3.8) is 0 Å². The third-order valence-corrected chi connectivity index (χ3v) is 16.6. The number of aliphatic hydroxyl groups is 1. The predicted molar refractivity (Wildman–Crippen MR) is 236 cm³/mol. The Hall–Kier alpha value is -6.38. The molecule has 0 amide bonds. The van der Waals surface area contributed by atoms with Crippen molar-refractivity contribution in [1.29, 1.82) is 0 Å². The fourth-order valence-corrected chi connectivity index (χ4v) is 12.5. The van der Waals surface area contributed by atoms with E-state index < -0.39 is 174 Å². The normalized spacial score (nSPS) is 13.5. The van der Waals surface area contributed by atoms with Gasteiger partial charge in [0.2, 0.25) is 0 Å². The van der Waals surface area contributed by atoms with Crippen LogP contribution >= 0.6 is 0 Å². The van der Waals surface area contributed by atoms with Gasteiger partial charge >= 0.3 is 0 Å². The lowest BCUT2D eigenvalue weighted by Crippen LogP contribution is -2.33. The third kappa shape index (κ3) is 9.40. The summed E-state index contributed by atoms with van der Waals surface area (Å²) in [6.45, 7) is 0. The lowest BCUT2D eigenvalue weighted by molar-refractivity contribution is 0.0981. The number of aromatic nitrogens is 1. The number of hydrogen-bond acceptors (Lipinski definition) is 18. The highest BCUT2D eigenvalue weighted by molar-refractivity contribution is 7.93. The first-order valence-corrected chi connectivity index (χ1v) is 27.4. The Morgan fingerprint density at radius 2 is 1.07 bits per heavy atom. The number of carbonyl (C=O) groups excluding carboxylic acids is 1. The molecule has 5 aromatic carbocycles. The molecular formula is C39H28N2O21S6. The monoisotopic (exact) mass is 1050 g/mol. The molecule has 7 rings (SSSR count). The molecule has 0 bridgehead atoms. The first-order valence-electron chi connectivity index (χ1n) is 18.5. The minimum absolute atomic E-state index is 0.0121. The van der Waals surface area contributed by atoms with Crippen molar-refractivity contribution in [3.8, 4) is 0 Å². The maximum Gasteiger partial charge on any atom is 0.296 e. The number of sulfone groups is 1. The number of fused-ring (bicyclic) bond motifs is 2. The summed E-state index contributed by atoms with van der Waals surface area (Å²) < 4.78 is 202. The lowest BCUT2D eigenvalue weighted by Gasteiger charge is -2.18. The molecule has 23 nitrogen and oxygen atoms in total. The van der Waals surface area contributed by atoms with Crippen LogP contribution in [-0.4, -0.2) is 94.9 Å². The molecule has 5 aromatic rings. The molecule has 29 heteroatoms. The zero-order chi connectivity index (χ0) is 50.3. The van der Waals surface area contributed by atoms with Crippen molar-refractivity contribution in [1.82, 2.24) is 4.98 Å². The number of nitrogens with zero attached hydrogens (tertiary/aromatic N) is 1. The van der Waals surface area contributed by atoms with E-state index in [-0.39, 0.29) is 28.5 Å². The number of benzene rings is 5. The van der Waals surface area contributed by atoms with Crippen LogP contribution in [0.4, 0.5) is 11.4 Å². The minimum atomic E-state index is -5.76. The van der Waals surface area contributed by atoms with Crippen LogP contribution in [0.5, 0.6) is 0 Å². The van der Waals surface area contributed by atoms with Gasteiger partial charge in [0.05, 0.1) is 47.9 Å². The van der Waals surface area contributed by atoms with Gasteiger partial charge in [-0.05, 0) is 54.3 Å². The zero-order valence-electron chi connectivity index (χ0n) is 33.5. The molecule has 68 heavy (non-hydrogen) atoms. The van der Waals surface area contributed by atoms with E-state index in [0.717, 1.165) is 48.5 Å². The molecule has 0 radical (unpaired) electrons.